The third-order valence-corrected chi connectivity index (χ3v) is 9.11. The average Bonchev–Trinajstić information content (AvgIpc) is 3.37. The maximum Gasteiger partial charge on any atom is 0.181 e. The van der Waals surface area contributed by atoms with E-state index >= 15 is 0 Å². The molecule has 0 radical (unpaired) electrons. The minimum absolute atomic E-state index is 0.00163. The molecule has 7 fully saturated rings. The summed E-state index contributed by atoms with van der Waals surface area (Å²) < 4.78 is 11.8. The molecule has 0 aromatic heterocycles. The smallest absolute Gasteiger partial charge is 0.181 e. The molecule has 2 heterocycles. The van der Waals surface area contributed by atoms with Gasteiger partial charge in [-0.3, -0.25) is 9.59 Å². The molecule has 4 bridgehead atoms. The molecular weight excluding hydrogens is 316 g/mol. The molecule has 0 aromatic rings. The van der Waals surface area contributed by atoms with E-state index in [0.29, 0.717) is 25.6 Å². The van der Waals surface area contributed by atoms with Gasteiger partial charge in [-0.2, -0.15) is 0 Å². The van der Waals surface area contributed by atoms with Gasteiger partial charge in [0, 0.05) is 11.3 Å². The summed E-state index contributed by atoms with van der Waals surface area (Å²) in [7, 11) is 0. The molecule has 5 aliphatic carbocycles. The zero-order valence-corrected chi connectivity index (χ0v) is 14.9. The van der Waals surface area contributed by atoms with E-state index in [2.05, 4.69) is 13.5 Å². The summed E-state index contributed by atoms with van der Waals surface area (Å²) in [5.74, 6) is 0.782. The van der Waals surface area contributed by atoms with Gasteiger partial charge in [-0.15, -0.1) is 0 Å². The lowest BCUT2D eigenvalue weighted by Crippen LogP contribution is -2.73. The van der Waals surface area contributed by atoms with Crippen LogP contribution in [0.25, 0.3) is 0 Å². The molecule has 25 heavy (non-hydrogen) atoms. The predicted molar refractivity (Wildman–Crippen MR) is 89.8 cm³/mol. The number of ether oxygens (including phenoxy) is 2. The Kier molecular flexibility index (Phi) is 2.49. The Labute approximate surface area is 148 Å². The minimum atomic E-state index is -0.863. The largest absolute Gasteiger partial charge is 0.380 e. The van der Waals surface area contributed by atoms with Crippen molar-refractivity contribution in [1.82, 2.24) is 0 Å². The van der Waals surface area contributed by atoms with Crippen LogP contribution in [0.15, 0.2) is 12.2 Å². The lowest BCUT2D eigenvalue weighted by molar-refractivity contribution is -0.230. The third kappa shape index (κ3) is 1.37. The Balaban J connectivity index is 1.58. The number of carbonyl (C=O) groups excluding carboxylic acids is 2. The van der Waals surface area contributed by atoms with Crippen LogP contribution in [0.3, 0.4) is 0 Å². The highest BCUT2D eigenvalue weighted by atomic mass is 16.6. The molecule has 2 spiro atoms. The Morgan fingerprint density at radius 3 is 2.68 bits per heavy atom. The minimum Gasteiger partial charge on any atom is -0.380 e. The summed E-state index contributed by atoms with van der Waals surface area (Å²) in [5.41, 5.74) is -0.829. The van der Waals surface area contributed by atoms with E-state index in [1.54, 1.807) is 0 Å². The summed E-state index contributed by atoms with van der Waals surface area (Å²) in [6.07, 6.45) is 5.94. The van der Waals surface area contributed by atoms with E-state index in [9.17, 15) is 9.59 Å². The van der Waals surface area contributed by atoms with Gasteiger partial charge in [-0.05, 0) is 54.9 Å². The van der Waals surface area contributed by atoms with E-state index in [1.165, 1.54) is 6.42 Å². The first kappa shape index (κ1) is 15.1. The monoisotopic (exact) mass is 342 g/mol. The van der Waals surface area contributed by atoms with Crippen molar-refractivity contribution in [3.05, 3.63) is 12.2 Å². The van der Waals surface area contributed by atoms with Crippen molar-refractivity contribution in [3.63, 3.8) is 0 Å². The van der Waals surface area contributed by atoms with Gasteiger partial charge in [0.05, 0.1) is 25.2 Å². The topological polar surface area (TPSA) is 55.9 Å². The molecule has 7 atom stereocenters. The van der Waals surface area contributed by atoms with E-state index in [-0.39, 0.29) is 34.2 Å². The van der Waals surface area contributed by atoms with Crippen molar-refractivity contribution in [1.29, 1.82) is 0 Å². The van der Waals surface area contributed by atoms with Crippen LogP contribution >= 0.6 is 0 Å². The SMILES string of the molecule is C=C1C(=O)C23CCC(CC2[C@@]24CCC[C@@](C)(COC2)C14)[C@]1(CO1)C3=O. The first-order chi connectivity index (χ1) is 11.9. The van der Waals surface area contributed by atoms with Gasteiger partial charge in [-0.1, -0.05) is 19.9 Å². The highest BCUT2D eigenvalue weighted by Crippen LogP contribution is 2.74. The summed E-state index contributed by atoms with van der Waals surface area (Å²) in [4.78, 5) is 27.2. The quantitative estimate of drug-likeness (QED) is 0.386. The standard InChI is InChI=1S/C21H26O4/c1-12-15-18(2)5-3-6-19(15,10-24-9-18)14-8-13-4-7-20(14,16(12)22)17(23)21(13)11-25-21/h13-15H,1,3-11H2,2H3/t13?,14?,15?,18-,19+,20?,21+/m0/s1. The average molecular weight is 342 g/mol. The lowest BCUT2D eigenvalue weighted by Gasteiger charge is -2.69. The van der Waals surface area contributed by atoms with E-state index in [1.807, 2.05) is 0 Å². The highest BCUT2D eigenvalue weighted by molar-refractivity contribution is 6.19. The van der Waals surface area contributed by atoms with Crippen molar-refractivity contribution in [2.45, 2.75) is 51.0 Å². The molecule has 0 amide bonds. The molecule has 2 aliphatic heterocycles. The van der Waals surface area contributed by atoms with Gasteiger partial charge < -0.3 is 9.47 Å². The maximum absolute atomic E-state index is 13.7. The first-order valence-corrected chi connectivity index (χ1v) is 9.91. The Morgan fingerprint density at radius 2 is 1.92 bits per heavy atom. The number of epoxide rings is 1. The van der Waals surface area contributed by atoms with E-state index < -0.39 is 11.0 Å². The van der Waals surface area contributed by atoms with Crippen LogP contribution in [0.5, 0.6) is 0 Å². The Morgan fingerprint density at radius 1 is 1.12 bits per heavy atom. The number of fused-ring (bicyclic) bond motifs is 1. The second-order valence-electron chi connectivity index (χ2n) is 10.0. The van der Waals surface area contributed by atoms with Crippen LogP contribution < -0.4 is 0 Å². The number of rotatable bonds is 0. The second-order valence-corrected chi connectivity index (χ2v) is 10.0. The van der Waals surface area contributed by atoms with Gasteiger partial charge in [0.1, 0.15) is 0 Å². The number of ketones is 2. The molecule has 7 rings (SSSR count). The van der Waals surface area contributed by atoms with Crippen molar-refractivity contribution < 1.29 is 19.1 Å². The molecule has 134 valence electrons. The highest BCUT2D eigenvalue weighted by Gasteiger charge is 2.80. The molecule has 0 N–H and O–H groups in total. The number of hydrogen-bond acceptors (Lipinski definition) is 4. The zero-order chi connectivity index (χ0) is 17.2. The summed E-state index contributed by atoms with van der Waals surface area (Å²) >= 11 is 0. The van der Waals surface area contributed by atoms with Gasteiger partial charge in [-0.25, -0.2) is 0 Å². The lowest BCUT2D eigenvalue weighted by atomic mass is 9.34. The third-order valence-electron chi connectivity index (χ3n) is 9.11. The van der Waals surface area contributed by atoms with Crippen LogP contribution in [0, 0.1) is 34.0 Å². The van der Waals surface area contributed by atoms with E-state index in [0.717, 1.165) is 37.9 Å². The fourth-order valence-corrected chi connectivity index (χ4v) is 8.23. The first-order valence-electron chi connectivity index (χ1n) is 9.91. The molecule has 0 aromatic carbocycles. The van der Waals surface area contributed by atoms with Gasteiger partial charge in [0.15, 0.2) is 17.2 Å². The normalized spacial score (nSPS) is 58.9. The predicted octanol–water partition coefficient (Wildman–Crippen LogP) is 2.70. The summed E-state index contributed by atoms with van der Waals surface area (Å²) in [6, 6.07) is 0. The van der Waals surface area contributed by atoms with Gasteiger partial charge >= 0.3 is 0 Å². The summed E-state index contributed by atoms with van der Waals surface area (Å²) in [5, 5.41) is 0. The molecule has 5 saturated carbocycles. The number of Topliss-reactive ketones (excluding diaryl/α,β-unsaturated/α-hetero) is 2. The van der Waals surface area contributed by atoms with Crippen LogP contribution in [0.4, 0.5) is 0 Å². The van der Waals surface area contributed by atoms with Gasteiger partial charge in [0.25, 0.3) is 0 Å². The summed E-state index contributed by atoms with van der Waals surface area (Å²) in [6.45, 7) is 8.52. The fourth-order valence-electron chi connectivity index (χ4n) is 8.23. The van der Waals surface area contributed by atoms with Crippen LogP contribution in [-0.2, 0) is 19.1 Å². The van der Waals surface area contributed by atoms with Crippen molar-refractivity contribution in [3.8, 4) is 0 Å². The van der Waals surface area contributed by atoms with E-state index in [4.69, 9.17) is 9.47 Å². The van der Waals surface area contributed by atoms with Crippen molar-refractivity contribution in [2.24, 2.45) is 34.0 Å². The molecule has 4 nitrogen and oxygen atoms in total. The Bertz CT molecular complexity index is 722. The molecule has 2 saturated heterocycles. The van der Waals surface area contributed by atoms with Crippen LogP contribution in [-0.4, -0.2) is 37.0 Å². The zero-order valence-electron chi connectivity index (χ0n) is 14.9. The molecule has 4 heteroatoms. The van der Waals surface area contributed by atoms with Gasteiger partial charge in [0.2, 0.25) is 0 Å². The maximum atomic E-state index is 13.7. The second kappa shape index (κ2) is 4.12. The molecule has 4 unspecified atom stereocenters. The number of allylic oxidation sites excluding steroid dienone is 1. The Hall–Kier alpha value is -1.00. The van der Waals surface area contributed by atoms with Crippen molar-refractivity contribution >= 4 is 11.6 Å². The van der Waals surface area contributed by atoms with Crippen LogP contribution in [0.2, 0.25) is 0 Å². The fraction of sp³-hybridized carbons (Fsp3) is 0.810. The molecule has 7 aliphatic rings. The van der Waals surface area contributed by atoms with Crippen LogP contribution in [0.1, 0.15) is 45.4 Å². The van der Waals surface area contributed by atoms with Crippen molar-refractivity contribution in [2.75, 3.05) is 19.8 Å². The number of hydrogen-bond donors (Lipinski definition) is 0. The number of carbonyl (C=O) groups is 2. The molecular formula is C21H26O4.